The highest BCUT2D eigenvalue weighted by molar-refractivity contribution is 5.89. The van der Waals surface area contributed by atoms with Gasteiger partial charge in [0.15, 0.2) is 0 Å². The number of pyridine rings is 1. The lowest BCUT2D eigenvalue weighted by atomic mass is 9.81. The van der Waals surface area contributed by atoms with Gasteiger partial charge in [-0.3, -0.25) is 9.78 Å². The molecule has 1 N–H and O–H groups in total. The lowest BCUT2D eigenvalue weighted by Gasteiger charge is -2.31. The van der Waals surface area contributed by atoms with E-state index in [9.17, 15) is 14.7 Å². The molecular formula is C31H43NO4. The highest BCUT2D eigenvalue weighted by Crippen LogP contribution is 2.30. The number of aromatic nitrogens is 1. The van der Waals surface area contributed by atoms with Crippen LogP contribution in [0, 0.1) is 0 Å². The van der Waals surface area contributed by atoms with Gasteiger partial charge in [-0.2, -0.15) is 0 Å². The smallest absolute Gasteiger partial charge is 0.337 e. The highest BCUT2D eigenvalue weighted by Gasteiger charge is 2.35. The van der Waals surface area contributed by atoms with Crippen LogP contribution in [0.15, 0.2) is 79.1 Å². The molecular weight excluding hydrogens is 450 g/mol. The zero-order chi connectivity index (χ0) is 26.7. The minimum atomic E-state index is -1.04. The van der Waals surface area contributed by atoms with E-state index in [1.54, 1.807) is 19.2 Å². The van der Waals surface area contributed by atoms with Gasteiger partial charge in [-0.25, -0.2) is 4.79 Å². The number of carbonyl (C=O) groups excluding carboxylic acids is 1. The van der Waals surface area contributed by atoms with Gasteiger partial charge in [0.25, 0.3) is 0 Å². The van der Waals surface area contributed by atoms with Crippen LogP contribution in [0.25, 0.3) is 0 Å². The Kier molecular flexibility index (Phi) is 15.5. The van der Waals surface area contributed by atoms with Gasteiger partial charge in [0.05, 0.1) is 11.3 Å². The molecule has 1 aromatic rings. The van der Waals surface area contributed by atoms with Crippen LogP contribution in [0.1, 0.15) is 95.1 Å². The molecule has 0 saturated carbocycles. The number of hydrogen-bond donors (Lipinski definition) is 1. The Bertz CT molecular complexity index is 938. The molecule has 0 fully saturated rings. The van der Waals surface area contributed by atoms with E-state index in [1.165, 1.54) is 6.07 Å². The topological polar surface area (TPSA) is 76.5 Å². The van der Waals surface area contributed by atoms with Crippen LogP contribution in [0.5, 0.6) is 0 Å². The molecule has 0 aromatic carbocycles. The first-order valence-corrected chi connectivity index (χ1v) is 12.9. The summed E-state index contributed by atoms with van der Waals surface area (Å²) < 4.78 is 5.61. The van der Waals surface area contributed by atoms with E-state index < -0.39 is 17.5 Å². The summed E-state index contributed by atoms with van der Waals surface area (Å²) in [6, 6.07) is 3.11. The molecule has 0 spiro atoms. The molecule has 0 aliphatic carbocycles. The van der Waals surface area contributed by atoms with Crippen LogP contribution in [0.4, 0.5) is 0 Å². The van der Waals surface area contributed by atoms with Crippen LogP contribution in [0.3, 0.4) is 0 Å². The lowest BCUT2D eigenvalue weighted by Crippen LogP contribution is -2.37. The Morgan fingerprint density at radius 3 is 2.00 bits per heavy atom. The van der Waals surface area contributed by atoms with Crippen molar-refractivity contribution in [2.75, 3.05) is 0 Å². The van der Waals surface area contributed by atoms with Crippen LogP contribution in [-0.2, 0) is 14.9 Å². The minimum absolute atomic E-state index is 0.129. The first-order valence-electron chi connectivity index (χ1n) is 12.9. The van der Waals surface area contributed by atoms with Gasteiger partial charge in [0.2, 0.25) is 0 Å². The van der Waals surface area contributed by atoms with Gasteiger partial charge in [0, 0.05) is 18.0 Å². The molecule has 1 unspecified atom stereocenters. The van der Waals surface area contributed by atoms with Gasteiger partial charge in [-0.05, 0) is 64.0 Å². The Morgan fingerprint density at radius 1 is 0.944 bits per heavy atom. The molecule has 5 nitrogen and oxygen atoms in total. The van der Waals surface area contributed by atoms with E-state index in [0.717, 1.165) is 38.5 Å². The van der Waals surface area contributed by atoms with Gasteiger partial charge in [-0.15, -0.1) is 0 Å². The number of hydrogen-bond acceptors (Lipinski definition) is 4. The summed E-state index contributed by atoms with van der Waals surface area (Å²) in [6.45, 7) is 7.61. The maximum absolute atomic E-state index is 12.3. The van der Waals surface area contributed by atoms with Crippen molar-refractivity contribution >= 4 is 11.9 Å². The summed E-state index contributed by atoms with van der Waals surface area (Å²) >= 11 is 0. The number of carboxylic acid groups (broad SMARTS) is 1. The molecule has 0 bridgehead atoms. The zero-order valence-corrected chi connectivity index (χ0v) is 22.4. The van der Waals surface area contributed by atoms with E-state index in [2.05, 4.69) is 72.7 Å². The summed E-state index contributed by atoms with van der Waals surface area (Å²) in [4.78, 5) is 28.1. The number of carbonyl (C=O) groups is 2. The van der Waals surface area contributed by atoms with Crippen molar-refractivity contribution in [1.82, 2.24) is 4.98 Å². The molecule has 0 aliphatic rings. The van der Waals surface area contributed by atoms with Crippen molar-refractivity contribution < 1.29 is 19.4 Å². The van der Waals surface area contributed by atoms with Crippen molar-refractivity contribution in [2.45, 2.75) is 90.6 Å². The first kappa shape index (κ1) is 30.8. The summed E-state index contributed by atoms with van der Waals surface area (Å²) in [7, 11) is 0. The Hall–Kier alpha value is -3.21. The van der Waals surface area contributed by atoms with E-state index in [1.807, 2.05) is 13.8 Å². The Labute approximate surface area is 217 Å². The number of unbranched alkanes of at least 4 members (excludes halogenated alkanes) is 1. The van der Waals surface area contributed by atoms with Gasteiger partial charge in [0.1, 0.15) is 6.10 Å². The summed E-state index contributed by atoms with van der Waals surface area (Å²) in [5, 5.41) is 9.44. The predicted molar refractivity (Wildman–Crippen MR) is 148 cm³/mol. The zero-order valence-electron chi connectivity index (χ0n) is 22.4. The average Bonchev–Trinajstić information content (AvgIpc) is 2.85. The molecule has 0 saturated heterocycles. The summed E-state index contributed by atoms with van der Waals surface area (Å²) in [5.74, 6) is -1.32. The molecule has 1 aromatic heterocycles. The van der Waals surface area contributed by atoms with Crippen molar-refractivity contribution in [3.63, 3.8) is 0 Å². The second kappa shape index (κ2) is 18.1. The maximum Gasteiger partial charge on any atom is 0.337 e. The third kappa shape index (κ3) is 12.5. The molecule has 1 atom stereocenters. The second-order valence-electron chi connectivity index (χ2n) is 9.16. The minimum Gasteiger partial charge on any atom is -0.478 e. The van der Waals surface area contributed by atoms with Crippen molar-refractivity contribution in [2.24, 2.45) is 0 Å². The lowest BCUT2D eigenvalue weighted by molar-refractivity contribution is -0.151. The molecule has 0 aliphatic heterocycles. The molecule has 196 valence electrons. The highest BCUT2D eigenvalue weighted by atomic mass is 16.5. The SMILES string of the molecule is CC/C=C\C/C=C\C/C=C\C/C=C\C/C=C\CCCC(=O)OC(C)C(C)(C)c1ncccc1C(=O)O. The normalized spacial score (nSPS) is 13.6. The fourth-order valence-electron chi connectivity index (χ4n) is 3.42. The number of esters is 1. The number of rotatable bonds is 17. The molecule has 36 heavy (non-hydrogen) atoms. The third-order valence-electron chi connectivity index (χ3n) is 5.88. The molecule has 0 radical (unpaired) electrons. The maximum atomic E-state index is 12.3. The van der Waals surface area contributed by atoms with Crippen molar-refractivity contribution in [3.8, 4) is 0 Å². The van der Waals surface area contributed by atoms with E-state index in [4.69, 9.17) is 4.74 Å². The number of aromatic carboxylic acids is 1. The monoisotopic (exact) mass is 493 g/mol. The fraction of sp³-hybridized carbons (Fsp3) is 0.452. The third-order valence-corrected chi connectivity index (χ3v) is 5.88. The quantitative estimate of drug-likeness (QED) is 0.135. The van der Waals surface area contributed by atoms with Crippen LogP contribution in [0.2, 0.25) is 0 Å². The van der Waals surface area contributed by atoms with E-state index in [0.29, 0.717) is 18.5 Å². The molecule has 1 heterocycles. The molecule has 0 amide bonds. The van der Waals surface area contributed by atoms with E-state index >= 15 is 0 Å². The largest absolute Gasteiger partial charge is 0.478 e. The van der Waals surface area contributed by atoms with Gasteiger partial charge < -0.3 is 9.84 Å². The Morgan fingerprint density at radius 2 is 1.47 bits per heavy atom. The number of nitrogens with zero attached hydrogens (tertiary/aromatic N) is 1. The van der Waals surface area contributed by atoms with E-state index in [-0.39, 0.29) is 11.5 Å². The summed E-state index contributed by atoms with van der Waals surface area (Å²) in [6.07, 6.45) is 29.4. The fourth-order valence-corrected chi connectivity index (χ4v) is 3.42. The Balaban J connectivity index is 2.25. The predicted octanol–water partition coefficient (Wildman–Crippen LogP) is 7.91. The second-order valence-corrected chi connectivity index (χ2v) is 9.16. The van der Waals surface area contributed by atoms with Gasteiger partial charge in [-0.1, -0.05) is 81.5 Å². The molecule has 5 heteroatoms. The summed E-state index contributed by atoms with van der Waals surface area (Å²) in [5.41, 5.74) is -0.186. The van der Waals surface area contributed by atoms with Crippen molar-refractivity contribution in [3.05, 3.63) is 90.3 Å². The van der Waals surface area contributed by atoms with Crippen LogP contribution in [-0.4, -0.2) is 28.1 Å². The standard InChI is InChI=1S/C31H43NO4/c1-5-6-7-8-9-10-11-12-13-14-15-16-17-18-19-20-21-24-28(33)36-26(2)31(3,4)29-27(30(34)35)23-22-25-32-29/h6-7,9-10,12-13,15-16,18-19,22-23,25-26H,5,8,11,14,17,20-21,24H2,1-4H3,(H,34,35)/b7-6-,10-9-,13-12-,16-15-,19-18-. The van der Waals surface area contributed by atoms with Crippen LogP contribution < -0.4 is 0 Å². The first-order chi connectivity index (χ1) is 17.3. The van der Waals surface area contributed by atoms with Crippen molar-refractivity contribution in [1.29, 1.82) is 0 Å². The molecule has 1 rings (SSSR count). The average molecular weight is 494 g/mol. The number of allylic oxidation sites excluding steroid dienone is 10. The van der Waals surface area contributed by atoms with Crippen LogP contribution >= 0.6 is 0 Å². The number of ether oxygens (including phenoxy) is 1. The number of carboxylic acids is 1. The van der Waals surface area contributed by atoms with Gasteiger partial charge >= 0.3 is 11.9 Å².